The SMILES string of the molecule is CCNC1CCN(C(=O)c2cccc(OC)c2)CC1. The quantitative estimate of drug-likeness (QED) is 0.901. The highest BCUT2D eigenvalue weighted by atomic mass is 16.5. The van der Waals surface area contributed by atoms with E-state index in [2.05, 4.69) is 12.2 Å². The monoisotopic (exact) mass is 262 g/mol. The van der Waals surface area contributed by atoms with Gasteiger partial charge >= 0.3 is 0 Å². The molecule has 1 aliphatic rings. The van der Waals surface area contributed by atoms with E-state index in [0.29, 0.717) is 11.6 Å². The summed E-state index contributed by atoms with van der Waals surface area (Å²) in [5, 5.41) is 3.44. The molecule has 1 aromatic carbocycles. The molecule has 0 unspecified atom stereocenters. The first-order valence-corrected chi connectivity index (χ1v) is 6.91. The van der Waals surface area contributed by atoms with E-state index in [1.165, 1.54) is 0 Å². The van der Waals surface area contributed by atoms with Crippen molar-refractivity contribution in [1.29, 1.82) is 0 Å². The van der Waals surface area contributed by atoms with Crippen molar-refractivity contribution in [2.24, 2.45) is 0 Å². The third-order valence-corrected chi connectivity index (χ3v) is 3.59. The normalized spacial score (nSPS) is 16.4. The number of benzene rings is 1. The number of likely N-dealkylation sites (tertiary alicyclic amines) is 1. The molecule has 104 valence electrons. The zero-order valence-electron chi connectivity index (χ0n) is 11.7. The van der Waals surface area contributed by atoms with E-state index in [1.54, 1.807) is 13.2 Å². The second-order valence-corrected chi connectivity index (χ2v) is 4.86. The fourth-order valence-electron chi connectivity index (χ4n) is 2.51. The van der Waals surface area contributed by atoms with Gasteiger partial charge in [-0.05, 0) is 37.6 Å². The average Bonchev–Trinajstić information content (AvgIpc) is 2.48. The van der Waals surface area contributed by atoms with E-state index in [0.717, 1.165) is 38.2 Å². The number of nitrogens with zero attached hydrogens (tertiary/aromatic N) is 1. The van der Waals surface area contributed by atoms with Crippen molar-refractivity contribution in [2.45, 2.75) is 25.8 Å². The molecular weight excluding hydrogens is 240 g/mol. The molecular formula is C15H22N2O2. The first-order chi connectivity index (χ1) is 9.24. The molecule has 1 heterocycles. The lowest BCUT2D eigenvalue weighted by Gasteiger charge is -2.32. The number of hydrogen-bond donors (Lipinski definition) is 1. The summed E-state index contributed by atoms with van der Waals surface area (Å²) in [6.45, 7) is 4.77. The van der Waals surface area contributed by atoms with E-state index in [-0.39, 0.29) is 5.91 Å². The van der Waals surface area contributed by atoms with Crippen LogP contribution in [0.3, 0.4) is 0 Å². The smallest absolute Gasteiger partial charge is 0.253 e. The van der Waals surface area contributed by atoms with Crippen molar-refractivity contribution in [2.75, 3.05) is 26.7 Å². The predicted molar refractivity (Wildman–Crippen MR) is 75.6 cm³/mol. The van der Waals surface area contributed by atoms with Gasteiger partial charge in [-0.2, -0.15) is 0 Å². The van der Waals surface area contributed by atoms with Crippen molar-refractivity contribution >= 4 is 5.91 Å². The minimum Gasteiger partial charge on any atom is -0.497 e. The Morgan fingerprint density at radius 2 is 2.16 bits per heavy atom. The van der Waals surface area contributed by atoms with Crippen molar-refractivity contribution < 1.29 is 9.53 Å². The zero-order chi connectivity index (χ0) is 13.7. The standard InChI is InChI=1S/C15H22N2O2/c1-3-16-13-7-9-17(10-8-13)15(18)12-5-4-6-14(11-12)19-2/h4-6,11,13,16H,3,7-10H2,1-2H3. The zero-order valence-corrected chi connectivity index (χ0v) is 11.7. The molecule has 1 aliphatic heterocycles. The molecule has 1 amide bonds. The fraction of sp³-hybridized carbons (Fsp3) is 0.533. The summed E-state index contributed by atoms with van der Waals surface area (Å²) >= 11 is 0. The van der Waals surface area contributed by atoms with Crippen LogP contribution in [0.2, 0.25) is 0 Å². The number of methoxy groups -OCH3 is 1. The number of amides is 1. The maximum absolute atomic E-state index is 12.4. The molecule has 0 spiro atoms. The number of hydrogen-bond acceptors (Lipinski definition) is 3. The summed E-state index contributed by atoms with van der Waals surface area (Å²) in [4.78, 5) is 14.3. The third-order valence-electron chi connectivity index (χ3n) is 3.59. The summed E-state index contributed by atoms with van der Waals surface area (Å²) in [5.74, 6) is 0.835. The number of rotatable bonds is 4. The molecule has 1 saturated heterocycles. The van der Waals surface area contributed by atoms with E-state index in [4.69, 9.17) is 4.74 Å². The van der Waals surface area contributed by atoms with Crippen LogP contribution in [0.25, 0.3) is 0 Å². The lowest BCUT2D eigenvalue weighted by Crippen LogP contribution is -2.44. The second kappa shape index (κ2) is 6.57. The lowest BCUT2D eigenvalue weighted by molar-refractivity contribution is 0.0705. The van der Waals surface area contributed by atoms with E-state index >= 15 is 0 Å². The van der Waals surface area contributed by atoms with Crippen molar-refractivity contribution in [1.82, 2.24) is 10.2 Å². The summed E-state index contributed by atoms with van der Waals surface area (Å²) < 4.78 is 5.16. The summed E-state index contributed by atoms with van der Waals surface area (Å²) in [6.07, 6.45) is 2.06. The van der Waals surface area contributed by atoms with E-state index in [9.17, 15) is 4.79 Å². The Kier molecular flexibility index (Phi) is 4.80. The Morgan fingerprint density at radius 3 is 2.79 bits per heavy atom. The highest BCUT2D eigenvalue weighted by Crippen LogP contribution is 2.17. The predicted octanol–water partition coefficient (Wildman–Crippen LogP) is 1.91. The Morgan fingerprint density at radius 1 is 1.42 bits per heavy atom. The fourth-order valence-corrected chi connectivity index (χ4v) is 2.51. The molecule has 0 atom stereocenters. The molecule has 4 nitrogen and oxygen atoms in total. The van der Waals surface area contributed by atoms with Crippen molar-refractivity contribution in [3.63, 3.8) is 0 Å². The maximum atomic E-state index is 12.4. The number of piperidine rings is 1. The van der Waals surface area contributed by atoms with Gasteiger partial charge in [0.15, 0.2) is 0 Å². The molecule has 1 N–H and O–H groups in total. The molecule has 4 heteroatoms. The van der Waals surface area contributed by atoms with Crippen molar-refractivity contribution in [3.8, 4) is 5.75 Å². The number of carbonyl (C=O) groups is 1. The van der Waals surface area contributed by atoms with Crippen LogP contribution >= 0.6 is 0 Å². The maximum Gasteiger partial charge on any atom is 0.253 e. The average molecular weight is 262 g/mol. The summed E-state index contributed by atoms with van der Waals surface area (Å²) in [6, 6.07) is 7.92. The number of carbonyl (C=O) groups excluding carboxylic acids is 1. The minimum atomic E-state index is 0.105. The Balaban J connectivity index is 1.97. The summed E-state index contributed by atoms with van der Waals surface area (Å²) in [7, 11) is 1.62. The third kappa shape index (κ3) is 3.47. The molecule has 1 fully saturated rings. The van der Waals surface area contributed by atoms with Gasteiger partial charge < -0.3 is 15.0 Å². The second-order valence-electron chi connectivity index (χ2n) is 4.86. The largest absolute Gasteiger partial charge is 0.497 e. The van der Waals surface area contributed by atoms with Gasteiger partial charge in [0.25, 0.3) is 5.91 Å². The van der Waals surface area contributed by atoms with E-state index in [1.807, 2.05) is 23.1 Å². The van der Waals surface area contributed by atoms with Gasteiger partial charge in [-0.15, -0.1) is 0 Å². The Labute approximate surface area is 114 Å². The van der Waals surface area contributed by atoms with Gasteiger partial charge in [0.1, 0.15) is 5.75 Å². The van der Waals surface area contributed by atoms with Gasteiger partial charge in [-0.3, -0.25) is 4.79 Å². The highest BCUT2D eigenvalue weighted by molar-refractivity contribution is 5.94. The molecule has 2 rings (SSSR count). The van der Waals surface area contributed by atoms with Crippen molar-refractivity contribution in [3.05, 3.63) is 29.8 Å². The van der Waals surface area contributed by atoms with Crippen LogP contribution in [0, 0.1) is 0 Å². The topological polar surface area (TPSA) is 41.6 Å². The Bertz CT molecular complexity index is 426. The number of ether oxygens (including phenoxy) is 1. The molecule has 1 aromatic rings. The van der Waals surface area contributed by atoms with E-state index < -0.39 is 0 Å². The van der Waals surface area contributed by atoms with Gasteiger partial charge in [-0.1, -0.05) is 13.0 Å². The number of nitrogens with one attached hydrogen (secondary N) is 1. The molecule has 0 radical (unpaired) electrons. The van der Waals surface area contributed by atoms with Crippen LogP contribution in [-0.4, -0.2) is 43.6 Å². The van der Waals surface area contributed by atoms with Gasteiger partial charge in [0.05, 0.1) is 7.11 Å². The molecule has 0 aromatic heterocycles. The van der Waals surface area contributed by atoms with Crippen LogP contribution in [0.15, 0.2) is 24.3 Å². The first-order valence-electron chi connectivity index (χ1n) is 6.91. The lowest BCUT2D eigenvalue weighted by atomic mass is 10.0. The van der Waals surface area contributed by atoms with Gasteiger partial charge in [0, 0.05) is 24.7 Å². The van der Waals surface area contributed by atoms with Crippen LogP contribution in [0.1, 0.15) is 30.1 Å². The van der Waals surface area contributed by atoms with Crippen LogP contribution in [0.4, 0.5) is 0 Å². The highest BCUT2D eigenvalue weighted by Gasteiger charge is 2.23. The molecule has 19 heavy (non-hydrogen) atoms. The molecule has 0 saturated carbocycles. The summed E-state index contributed by atoms with van der Waals surface area (Å²) in [5.41, 5.74) is 0.709. The van der Waals surface area contributed by atoms with Crippen LogP contribution < -0.4 is 10.1 Å². The molecule has 0 aliphatic carbocycles. The Hall–Kier alpha value is -1.55. The van der Waals surface area contributed by atoms with Gasteiger partial charge in [0.2, 0.25) is 0 Å². The first kappa shape index (κ1) is 13.9. The van der Waals surface area contributed by atoms with Gasteiger partial charge in [-0.25, -0.2) is 0 Å². The molecule has 0 bridgehead atoms. The minimum absolute atomic E-state index is 0.105. The van der Waals surface area contributed by atoms with Crippen LogP contribution in [-0.2, 0) is 0 Å². The van der Waals surface area contributed by atoms with Crippen LogP contribution in [0.5, 0.6) is 5.75 Å².